The molecule has 1 rings (SSSR count). The van der Waals surface area contributed by atoms with E-state index in [0.29, 0.717) is 30.4 Å². The topological polar surface area (TPSA) is 73.6 Å². The summed E-state index contributed by atoms with van der Waals surface area (Å²) in [4.78, 5) is 11.4. The third-order valence-corrected chi connectivity index (χ3v) is 2.91. The average Bonchev–Trinajstić information content (AvgIpc) is 2.46. The Kier molecular flexibility index (Phi) is 7.69. The van der Waals surface area contributed by atoms with Gasteiger partial charge in [-0.15, -0.1) is 0 Å². The van der Waals surface area contributed by atoms with Crippen LogP contribution >= 0.6 is 0 Å². The summed E-state index contributed by atoms with van der Waals surface area (Å²) in [6, 6.07) is 6.89. The van der Waals surface area contributed by atoms with Crippen molar-refractivity contribution in [3.05, 3.63) is 29.8 Å². The van der Waals surface area contributed by atoms with Crippen molar-refractivity contribution in [1.29, 1.82) is 0 Å². The van der Waals surface area contributed by atoms with Crippen molar-refractivity contribution >= 4 is 5.91 Å². The Morgan fingerprint density at radius 1 is 1.40 bits per heavy atom. The number of carbonyl (C=O) groups excluding carboxylic acids is 1. The van der Waals surface area contributed by atoms with Crippen molar-refractivity contribution in [2.45, 2.75) is 26.7 Å². The van der Waals surface area contributed by atoms with Crippen molar-refractivity contribution in [2.75, 3.05) is 19.8 Å². The van der Waals surface area contributed by atoms with Crippen LogP contribution in [-0.2, 0) is 4.74 Å². The second kappa shape index (κ2) is 9.34. The molecule has 0 aliphatic carbocycles. The summed E-state index contributed by atoms with van der Waals surface area (Å²) < 4.78 is 11.1. The molecule has 0 aliphatic heterocycles. The highest BCUT2D eigenvalue weighted by Crippen LogP contribution is 2.13. The Hall–Kier alpha value is -1.59. The predicted octanol–water partition coefficient (Wildman–Crippen LogP) is 2.12. The van der Waals surface area contributed by atoms with Gasteiger partial charge in [0.05, 0.1) is 6.61 Å². The van der Waals surface area contributed by atoms with Crippen LogP contribution in [0.4, 0.5) is 0 Å². The van der Waals surface area contributed by atoms with E-state index in [0.717, 1.165) is 6.61 Å². The van der Waals surface area contributed by atoms with Gasteiger partial charge in [0.1, 0.15) is 12.4 Å². The van der Waals surface area contributed by atoms with Crippen LogP contribution in [0.2, 0.25) is 0 Å². The first-order chi connectivity index (χ1) is 9.67. The zero-order valence-corrected chi connectivity index (χ0v) is 12.2. The molecule has 0 bridgehead atoms. The smallest absolute Gasteiger partial charge is 0.265 e. The monoisotopic (exact) mass is 280 g/mol. The van der Waals surface area contributed by atoms with E-state index in [4.69, 9.17) is 15.3 Å². The molecule has 20 heavy (non-hydrogen) atoms. The molecule has 1 aromatic rings. The molecule has 0 heterocycles. The third kappa shape index (κ3) is 6.04. The molecule has 112 valence electrons. The molecule has 1 aromatic carbocycles. The van der Waals surface area contributed by atoms with Crippen LogP contribution in [0.1, 0.15) is 37.0 Å². The number of hydrogen-bond acceptors (Lipinski definition) is 4. The van der Waals surface area contributed by atoms with E-state index >= 15 is 0 Å². The van der Waals surface area contributed by atoms with Gasteiger partial charge in [0, 0.05) is 12.2 Å². The van der Waals surface area contributed by atoms with E-state index < -0.39 is 0 Å². The molecular formula is C15H24N2O3. The SMILES string of the molecule is CCCC(C)COCCOc1cccc(C(=O)NN)c1. The Labute approximate surface area is 120 Å². The number of rotatable bonds is 9. The summed E-state index contributed by atoms with van der Waals surface area (Å²) in [7, 11) is 0. The van der Waals surface area contributed by atoms with Crippen molar-refractivity contribution in [3.8, 4) is 5.75 Å². The van der Waals surface area contributed by atoms with Gasteiger partial charge in [0.2, 0.25) is 0 Å². The number of carbonyl (C=O) groups is 1. The van der Waals surface area contributed by atoms with Gasteiger partial charge < -0.3 is 9.47 Å². The summed E-state index contributed by atoms with van der Waals surface area (Å²) in [5.74, 6) is 5.97. The van der Waals surface area contributed by atoms with Crippen LogP contribution in [-0.4, -0.2) is 25.7 Å². The van der Waals surface area contributed by atoms with Crippen LogP contribution in [0, 0.1) is 5.92 Å². The highest BCUT2D eigenvalue weighted by Gasteiger charge is 2.04. The molecular weight excluding hydrogens is 256 g/mol. The second-order valence-corrected chi connectivity index (χ2v) is 4.82. The molecule has 5 nitrogen and oxygen atoms in total. The van der Waals surface area contributed by atoms with Crippen LogP contribution in [0.3, 0.4) is 0 Å². The lowest BCUT2D eigenvalue weighted by molar-refractivity contribution is 0.0758. The number of hydrazine groups is 1. The standard InChI is InChI=1S/C15H24N2O3/c1-3-5-12(2)11-19-8-9-20-14-7-4-6-13(10-14)15(18)17-16/h4,6-7,10,12H,3,5,8-9,11,16H2,1-2H3,(H,17,18). The minimum Gasteiger partial charge on any atom is -0.491 e. The summed E-state index contributed by atoms with van der Waals surface area (Å²) in [6.45, 7) is 6.12. The number of nitrogen functional groups attached to an aromatic ring is 1. The average molecular weight is 280 g/mol. The number of nitrogens with two attached hydrogens (primary N) is 1. The maximum atomic E-state index is 11.4. The Balaban J connectivity index is 2.27. The fourth-order valence-corrected chi connectivity index (χ4v) is 1.89. The Bertz CT molecular complexity index is 410. The molecule has 1 amide bonds. The fraction of sp³-hybridized carbons (Fsp3) is 0.533. The maximum Gasteiger partial charge on any atom is 0.265 e. The quantitative estimate of drug-likeness (QED) is 0.314. The van der Waals surface area contributed by atoms with Gasteiger partial charge >= 0.3 is 0 Å². The zero-order chi connectivity index (χ0) is 14.8. The highest BCUT2D eigenvalue weighted by atomic mass is 16.5. The van der Waals surface area contributed by atoms with Crippen molar-refractivity contribution in [1.82, 2.24) is 5.43 Å². The van der Waals surface area contributed by atoms with Gasteiger partial charge in [-0.2, -0.15) is 0 Å². The number of ether oxygens (including phenoxy) is 2. The summed E-state index contributed by atoms with van der Waals surface area (Å²) in [6.07, 6.45) is 2.36. The Morgan fingerprint density at radius 2 is 2.20 bits per heavy atom. The van der Waals surface area contributed by atoms with E-state index in [-0.39, 0.29) is 5.91 Å². The molecule has 0 saturated heterocycles. The van der Waals surface area contributed by atoms with Gasteiger partial charge in [-0.05, 0) is 30.5 Å². The van der Waals surface area contributed by atoms with E-state index in [1.165, 1.54) is 12.8 Å². The predicted molar refractivity (Wildman–Crippen MR) is 78.5 cm³/mol. The van der Waals surface area contributed by atoms with Crippen LogP contribution in [0.15, 0.2) is 24.3 Å². The second-order valence-electron chi connectivity index (χ2n) is 4.82. The van der Waals surface area contributed by atoms with E-state index in [9.17, 15) is 4.79 Å². The van der Waals surface area contributed by atoms with Crippen LogP contribution in [0.5, 0.6) is 5.75 Å². The number of nitrogens with one attached hydrogen (secondary N) is 1. The van der Waals surface area contributed by atoms with E-state index in [1.54, 1.807) is 24.3 Å². The van der Waals surface area contributed by atoms with Gasteiger partial charge in [0.15, 0.2) is 0 Å². The molecule has 1 atom stereocenters. The van der Waals surface area contributed by atoms with Gasteiger partial charge in [-0.25, -0.2) is 5.84 Å². The first kappa shape index (κ1) is 16.5. The lowest BCUT2D eigenvalue weighted by atomic mass is 10.1. The highest BCUT2D eigenvalue weighted by molar-refractivity contribution is 5.94. The van der Waals surface area contributed by atoms with Crippen molar-refractivity contribution in [3.63, 3.8) is 0 Å². The van der Waals surface area contributed by atoms with Crippen molar-refractivity contribution < 1.29 is 14.3 Å². The van der Waals surface area contributed by atoms with Crippen molar-refractivity contribution in [2.24, 2.45) is 11.8 Å². The zero-order valence-electron chi connectivity index (χ0n) is 12.2. The van der Waals surface area contributed by atoms with Crippen LogP contribution < -0.4 is 16.0 Å². The molecule has 0 aliphatic rings. The minimum atomic E-state index is -0.333. The van der Waals surface area contributed by atoms with Gasteiger partial charge in [-0.1, -0.05) is 26.3 Å². The Morgan fingerprint density at radius 3 is 2.90 bits per heavy atom. The molecule has 0 saturated carbocycles. The van der Waals surface area contributed by atoms with Gasteiger partial charge in [0.25, 0.3) is 5.91 Å². The normalized spacial score (nSPS) is 11.9. The maximum absolute atomic E-state index is 11.4. The molecule has 5 heteroatoms. The molecule has 0 fully saturated rings. The largest absolute Gasteiger partial charge is 0.491 e. The molecule has 0 radical (unpaired) electrons. The lowest BCUT2D eigenvalue weighted by Gasteiger charge is -2.11. The lowest BCUT2D eigenvalue weighted by Crippen LogP contribution is -2.29. The van der Waals surface area contributed by atoms with Gasteiger partial charge in [-0.3, -0.25) is 10.2 Å². The fourth-order valence-electron chi connectivity index (χ4n) is 1.89. The van der Waals surface area contributed by atoms with E-state index in [2.05, 4.69) is 19.3 Å². The number of amides is 1. The third-order valence-electron chi connectivity index (χ3n) is 2.91. The molecule has 0 aromatic heterocycles. The summed E-state index contributed by atoms with van der Waals surface area (Å²) in [5.41, 5.74) is 2.56. The molecule has 1 unspecified atom stereocenters. The van der Waals surface area contributed by atoms with Crippen LogP contribution in [0.25, 0.3) is 0 Å². The summed E-state index contributed by atoms with van der Waals surface area (Å²) in [5, 5.41) is 0. The number of benzene rings is 1. The minimum absolute atomic E-state index is 0.333. The summed E-state index contributed by atoms with van der Waals surface area (Å²) >= 11 is 0. The first-order valence-corrected chi connectivity index (χ1v) is 6.99. The molecule has 0 spiro atoms. The first-order valence-electron chi connectivity index (χ1n) is 6.99. The van der Waals surface area contributed by atoms with E-state index in [1.807, 2.05) is 0 Å². The molecule has 3 N–H and O–H groups in total. The number of hydrogen-bond donors (Lipinski definition) is 2.